The summed E-state index contributed by atoms with van der Waals surface area (Å²) in [6.07, 6.45) is 2.47. The molecule has 0 N–H and O–H groups in total. The van der Waals surface area contributed by atoms with Crippen LogP contribution in [0.4, 0.5) is 0 Å². The average molecular weight is 264 g/mol. The van der Waals surface area contributed by atoms with E-state index in [0.717, 1.165) is 5.56 Å². The Labute approximate surface area is 111 Å². The Morgan fingerprint density at radius 2 is 2.17 bits per heavy atom. The molecule has 0 radical (unpaired) electrons. The van der Waals surface area contributed by atoms with Gasteiger partial charge < -0.3 is 4.74 Å². The van der Waals surface area contributed by atoms with Crippen molar-refractivity contribution in [3.8, 4) is 6.07 Å². The summed E-state index contributed by atoms with van der Waals surface area (Å²) in [4.78, 5) is 16.2. The lowest BCUT2D eigenvalue weighted by molar-refractivity contribution is 0.0523. The number of thioether (sulfide) groups is 1. The molecule has 0 spiro atoms. The molecule has 4 nitrogen and oxygen atoms in total. The minimum atomic E-state index is -0.400. The van der Waals surface area contributed by atoms with Crippen molar-refractivity contribution in [2.24, 2.45) is 0 Å². The lowest BCUT2D eigenvalue weighted by Crippen LogP contribution is -2.14. The number of esters is 1. The Kier molecular flexibility index (Phi) is 5.17. The molecule has 1 aromatic heterocycles. The van der Waals surface area contributed by atoms with Crippen molar-refractivity contribution in [1.82, 2.24) is 4.98 Å². The number of hydrogen-bond acceptors (Lipinski definition) is 5. The van der Waals surface area contributed by atoms with Gasteiger partial charge in [-0.05, 0) is 32.1 Å². The Morgan fingerprint density at radius 3 is 2.61 bits per heavy atom. The summed E-state index contributed by atoms with van der Waals surface area (Å²) in [5, 5.41) is 9.90. The fourth-order valence-electron chi connectivity index (χ4n) is 1.83. The predicted octanol–water partition coefficient (Wildman–Crippen LogP) is 2.72. The second-order valence-electron chi connectivity index (χ2n) is 3.62. The highest BCUT2D eigenvalue weighted by molar-refractivity contribution is 7.98. The van der Waals surface area contributed by atoms with E-state index in [1.54, 1.807) is 13.8 Å². The number of nitriles is 1. The van der Waals surface area contributed by atoms with Gasteiger partial charge in [0.2, 0.25) is 0 Å². The molecule has 0 unspecified atom stereocenters. The first-order valence-corrected chi connectivity index (χ1v) is 6.97. The number of aromatic nitrogens is 1. The molecule has 0 aliphatic rings. The zero-order valence-electron chi connectivity index (χ0n) is 11.0. The Hall–Kier alpha value is -1.54. The van der Waals surface area contributed by atoms with Crippen LogP contribution in [0, 0.1) is 18.3 Å². The maximum atomic E-state index is 11.9. The molecule has 5 heteroatoms. The molecule has 0 saturated heterocycles. The molecular weight excluding hydrogens is 248 g/mol. The molecule has 0 saturated carbocycles. The third kappa shape index (κ3) is 2.65. The van der Waals surface area contributed by atoms with E-state index in [-0.39, 0.29) is 0 Å². The molecule has 18 heavy (non-hydrogen) atoms. The quantitative estimate of drug-likeness (QED) is 0.618. The van der Waals surface area contributed by atoms with Crippen LogP contribution in [-0.4, -0.2) is 23.8 Å². The highest BCUT2D eigenvalue weighted by Gasteiger charge is 2.22. The van der Waals surface area contributed by atoms with Crippen LogP contribution in [0.15, 0.2) is 5.03 Å². The van der Waals surface area contributed by atoms with Crippen LogP contribution < -0.4 is 0 Å². The second-order valence-corrected chi connectivity index (χ2v) is 4.42. The van der Waals surface area contributed by atoms with E-state index >= 15 is 0 Å². The van der Waals surface area contributed by atoms with E-state index in [1.165, 1.54) is 11.8 Å². The molecule has 0 aliphatic heterocycles. The number of pyridine rings is 1. The molecule has 1 rings (SSSR count). The molecule has 1 heterocycles. The summed E-state index contributed by atoms with van der Waals surface area (Å²) in [5.74, 6) is -0.400. The highest BCUT2D eigenvalue weighted by Crippen LogP contribution is 2.26. The van der Waals surface area contributed by atoms with Crippen LogP contribution in [0.2, 0.25) is 0 Å². The molecule has 0 aliphatic carbocycles. The molecule has 0 aromatic carbocycles. The third-order valence-corrected chi connectivity index (χ3v) is 3.27. The monoisotopic (exact) mass is 264 g/mol. The van der Waals surface area contributed by atoms with Crippen LogP contribution in [0.3, 0.4) is 0 Å². The second kappa shape index (κ2) is 6.41. The van der Waals surface area contributed by atoms with Crippen molar-refractivity contribution in [2.45, 2.75) is 32.2 Å². The van der Waals surface area contributed by atoms with E-state index in [1.807, 2.05) is 13.2 Å². The first kappa shape index (κ1) is 14.5. The molecule has 0 fully saturated rings. The van der Waals surface area contributed by atoms with Crippen molar-refractivity contribution < 1.29 is 9.53 Å². The highest BCUT2D eigenvalue weighted by atomic mass is 32.2. The van der Waals surface area contributed by atoms with Crippen LogP contribution in [-0.2, 0) is 11.2 Å². The lowest BCUT2D eigenvalue weighted by atomic mass is 10.00. The van der Waals surface area contributed by atoms with Crippen molar-refractivity contribution >= 4 is 17.7 Å². The van der Waals surface area contributed by atoms with Crippen molar-refractivity contribution in [3.05, 3.63) is 22.4 Å². The van der Waals surface area contributed by atoms with Crippen LogP contribution >= 0.6 is 11.8 Å². The van der Waals surface area contributed by atoms with E-state index in [0.29, 0.717) is 34.9 Å². The fourth-order valence-corrected chi connectivity index (χ4v) is 2.43. The summed E-state index contributed by atoms with van der Waals surface area (Å²) in [6, 6.07) is 2.14. The minimum Gasteiger partial charge on any atom is -0.462 e. The number of nitrogens with zero attached hydrogens (tertiary/aromatic N) is 2. The summed E-state index contributed by atoms with van der Waals surface area (Å²) < 4.78 is 5.03. The standard InChI is InChI=1S/C13H16N2O2S/c1-5-9-10(7-14)12(18-4)15-8(3)11(9)13(16)17-6-2/h5-6H2,1-4H3. The maximum Gasteiger partial charge on any atom is 0.340 e. The van der Waals surface area contributed by atoms with Crippen molar-refractivity contribution in [3.63, 3.8) is 0 Å². The Balaban J connectivity index is 3.52. The molecular formula is C13H16N2O2S. The van der Waals surface area contributed by atoms with Crippen LogP contribution in [0.25, 0.3) is 0 Å². The number of carbonyl (C=O) groups excluding carboxylic acids is 1. The van der Waals surface area contributed by atoms with Gasteiger partial charge in [0, 0.05) is 0 Å². The van der Waals surface area contributed by atoms with Gasteiger partial charge >= 0.3 is 5.97 Å². The number of rotatable bonds is 4. The first-order chi connectivity index (χ1) is 8.60. The zero-order valence-corrected chi connectivity index (χ0v) is 11.8. The molecule has 1 aromatic rings. The summed E-state index contributed by atoms with van der Waals surface area (Å²) in [7, 11) is 0. The largest absolute Gasteiger partial charge is 0.462 e. The fraction of sp³-hybridized carbons (Fsp3) is 0.462. The lowest BCUT2D eigenvalue weighted by Gasteiger charge is -2.13. The molecule has 96 valence electrons. The smallest absolute Gasteiger partial charge is 0.340 e. The van der Waals surface area contributed by atoms with Crippen LogP contribution in [0.1, 0.15) is 41.0 Å². The van der Waals surface area contributed by atoms with E-state index < -0.39 is 5.97 Å². The van der Waals surface area contributed by atoms with Gasteiger partial charge in [0.1, 0.15) is 11.1 Å². The van der Waals surface area contributed by atoms with E-state index in [2.05, 4.69) is 11.1 Å². The van der Waals surface area contributed by atoms with Gasteiger partial charge in [0.05, 0.1) is 23.4 Å². The minimum absolute atomic E-state index is 0.313. The molecule has 0 bridgehead atoms. The zero-order chi connectivity index (χ0) is 13.7. The number of hydrogen-bond donors (Lipinski definition) is 0. The molecule has 0 atom stereocenters. The van der Waals surface area contributed by atoms with Gasteiger partial charge in [0.15, 0.2) is 0 Å². The number of ether oxygens (including phenoxy) is 1. The van der Waals surface area contributed by atoms with Crippen molar-refractivity contribution in [2.75, 3.05) is 12.9 Å². The topological polar surface area (TPSA) is 63.0 Å². The van der Waals surface area contributed by atoms with Gasteiger partial charge in [-0.3, -0.25) is 0 Å². The SMILES string of the molecule is CCOC(=O)c1c(C)nc(SC)c(C#N)c1CC. The number of carbonyl (C=O) groups is 1. The Morgan fingerprint density at radius 1 is 1.50 bits per heavy atom. The van der Waals surface area contributed by atoms with Gasteiger partial charge in [-0.25, -0.2) is 9.78 Å². The van der Waals surface area contributed by atoms with Gasteiger partial charge in [0.25, 0.3) is 0 Å². The number of aryl methyl sites for hydroxylation is 1. The normalized spacial score (nSPS) is 9.94. The first-order valence-electron chi connectivity index (χ1n) is 5.75. The third-order valence-electron chi connectivity index (χ3n) is 2.59. The van der Waals surface area contributed by atoms with Gasteiger partial charge in [-0.1, -0.05) is 6.92 Å². The average Bonchev–Trinajstić information content (AvgIpc) is 2.37. The van der Waals surface area contributed by atoms with Gasteiger partial charge in [-0.15, -0.1) is 11.8 Å². The summed E-state index contributed by atoms with van der Waals surface area (Å²) in [5.41, 5.74) is 2.27. The molecule has 0 amide bonds. The van der Waals surface area contributed by atoms with E-state index in [9.17, 15) is 10.1 Å². The van der Waals surface area contributed by atoms with Crippen LogP contribution in [0.5, 0.6) is 0 Å². The van der Waals surface area contributed by atoms with Crippen molar-refractivity contribution in [1.29, 1.82) is 5.26 Å². The predicted molar refractivity (Wildman–Crippen MR) is 70.8 cm³/mol. The van der Waals surface area contributed by atoms with E-state index in [4.69, 9.17) is 4.74 Å². The van der Waals surface area contributed by atoms with Gasteiger partial charge in [-0.2, -0.15) is 5.26 Å². The Bertz CT molecular complexity index is 507. The maximum absolute atomic E-state index is 11.9. The summed E-state index contributed by atoms with van der Waals surface area (Å²) >= 11 is 1.41. The summed E-state index contributed by atoms with van der Waals surface area (Å²) in [6.45, 7) is 5.76.